The quantitative estimate of drug-likeness (QED) is 0.0261. The van der Waals surface area contributed by atoms with Crippen molar-refractivity contribution in [3.8, 4) is 0 Å². The minimum atomic E-state index is -1.57. The average molecular weight is 918 g/mol. The number of aliphatic hydroxyl groups excluding tert-OH is 5. The second-order valence-electron chi connectivity index (χ2n) is 19.0. The van der Waals surface area contributed by atoms with Crippen molar-refractivity contribution in [2.75, 3.05) is 13.2 Å². The molecule has 0 radical (unpaired) electrons. The lowest BCUT2D eigenvalue weighted by Crippen LogP contribution is -2.60. The van der Waals surface area contributed by atoms with E-state index >= 15 is 0 Å². The van der Waals surface area contributed by atoms with Crippen molar-refractivity contribution in [3.63, 3.8) is 0 Å². The molecule has 380 valence electrons. The third-order valence-electron chi connectivity index (χ3n) is 12.9. The first-order chi connectivity index (χ1) is 31.8. The van der Waals surface area contributed by atoms with Crippen molar-refractivity contribution in [1.29, 1.82) is 0 Å². The van der Waals surface area contributed by atoms with Crippen molar-refractivity contribution in [2.45, 2.75) is 288 Å². The fourth-order valence-electron chi connectivity index (χ4n) is 8.50. The first-order valence-electron chi connectivity index (χ1n) is 27.4. The Hall–Kier alpha value is -1.85. The van der Waals surface area contributed by atoms with Gasteiger partial charge in [-0.3, -0.25) is 4.79 Å². The van der Waals surface area contributed by atoms with Crippen LogP contribution in [0.2, 0.25) is 0 Å². The second kappa shape index (κ2) is 45.9. The summed E-state index contributed by atoms with van der Waals surface area (Å²) in [5, 5.41) is 54.4. The van der Waals surface area contributed by atoms with Gasteiger partial charge in [-0.25, -0.2) is 0 Å². The Morgan fingerprint density at radius 1 is 0.523 bits per heavy atom. The Bertz CT molecular complexity index is 1160. The Labute approximate surface area is 399 Å². The number of carbonyl (C=O) groups excluding carboxylic acids is 1. The van der Waals surface area contributed by atoms with Crippen LogP contribution in [-0.2, 0) is 14.3 Å². The van der Waals surface area contributed by atoms with E-state index < -0.39 is 49.5 Å². The second-order valence-corrected chi connectivity index (χ2v) is 19.0. The molecule has 0 aromatic carbocycles. The van der Waals surface area contributed by atoms with Gasteiger partial charge >= 0.3 is 0 Å². The van der Waals surface area contributed by atoms with Crippen LogP contribution in [0.1, 0.15) is 245 Å². The van der Waals surface area contributed by atoms with Crippen LogP contribution in [0.25, 0.3) is 0 Å². The molecule has 9 heteroatoms. The third-order valence-corrected chi connectivity index (χ3v) is 12.9. The molecular formula is C56H103NO8. The minimum Gasteiger partial charge on any atom is -0.394 e. The molecular weight excluding hydrogens is 815 g/mol. The van der Waals surface area contributed by atoms with Gasteiger partial charge in [0.05, 0.1) is 25.4 Å². The zero-order valence-corrected chi connectivity index (χ0v) is 42.0. The van der Waals surface area contributed by atoms with E-state index in [-0.39, 0.29) is 12.5 Å². The molecule has 6 N–H and O–H groups in total. The molecule has 7 unspecified atom stereocenters. The van der Waals surface area contributed by atoms with Crippen molar-refractivity contribution in [3.05, 3.63) is 48.6 Å². The first-order valence-corrected chi connectivity index (χ1v) is 27.4. The summed E-state index contributed by atoms with van der Waals surface area (Å²) in [6.45, 7) is 3.77. The SMILES string of the molecule is CCCCCCCCCCC/C=C\C/C=C\CCCCCCCCCC(=O)NC(COC1OC(CO)C(O)C(O)C1O)C(O)/C=C/CC/C=C/CCCCCCCCCCCCCCC. The highest BCUT2D eigenvalue weighted by atomic mass is 16.7. The zero-order valence-electron chi connectivity index (χ0n) is 42.0. The van der Waals surface area contributed by atoms with Crippen molar-refractivity contribution in [1.82, 2.24) is 5.32 Å². The van der Waals surface area contributed by atoms with E-state index in [1.165, 1.54) is 167 Å². The molecule has 7 atom stereocenters. The summed E-state index contributed by atoms with van der Waals surface area (Å²) in [6.07, 6.45) is 53.1. The highest BCUT2D eigenvalue weighted by molar-refractivity contribution is 5.76. The molecule has 65 heavy (non-hydrogen) atoms. The first kappa shape index (κ1) is 61.2. The Morgan fingerprint density at radius 3 is 1.38 bits per heavy atom. The van der Waals surface area contributed by atoms with Gasteiger partial charge in [0.25, 0.3) is 0 Å². The van der Waals surface area contributed by atoms with Gasteiger partial charge in [0.2, 0.25) is 5.91 Å². The van der Waals surface area contributed by atoms with Crippen LogP contribution in [0.3, 0.4) is 0 Å². The van der Waals surface area contributed by atoms with Crippen LogP contribution < -0.4 is 5.32 Å². The molecule has 9 nitrogen and oxygen atoms in total. The maximum Gasteiger partial charge on any atom is 0.220 e. The summed E-state index contributed by atoms with van der Waals surface area (Å²) in [5.74, 6) is -0.193. The summed E-state index contributed by atoms with van der Waals surface area (Å²) in [5.41, 5.74) is 0. The van der Waals surface area contributed by atoms with Gasteiger partial charge in [0, 0.05) is 6.42 Å². The fourth-order valence-corrected chi connectivity index (χ4v) is 8.50. The third kappa shape index (κ3) is 35.9. The maximum atomic E-state index is 13.0. The standard InChI is InChI=1S/C56H103NO8/c1-3-5-7-9-11-13-15-17-19-21-23-24-25-26-28-30-32-34-36-38-40-42-44-46-52(60)57-49(48-64-56-55(63)54(62)53(61)51(47-58)65-56)50(59)45-43-41-39-37-35-33-31-29-27-22-20-18-16-14-12-10-8-6-4-2/h23-24,26,28,35,37,43,45,49-51,53-56,58-59,61-63H,3-22,25,27,29-34,36,38-42,44,46-48H2,1-2H3,(H,57,60)/b24-23-,28-26-,37-35+,45-43+. The van der Waals surface area contributed by atoms with Gasteiger partial charge in [-0.05, 0) is 64.2 Å². The van der Waals surface area contributed by atoms with Crippen LogP contribution >= 0.6 is 0 Å². The number of nitrogens with one attached hydrogen (secondary N) is 1. The molecule has 1 rings (SSSR count). The largest absolute Gasteiger partial charge is 0.394 e. The van der Waals surface area contributed by atoms with E-state index in [1.807, 2.05) is 6.08 Å². The van der Waals surface area contributed by atoms with E-state index in [2.05, 4.69) is 55.6 Å². The van der Waals surface area contributed by atoms with Crippen LogP contribution in [0.15, 0.2) is 48.6 Å². The number of unbranched alkanes of at least 4 members (excludes halogenated alkanes) is 30. The number of rotatable bonds is 46. The van der Waals surface area contributed by atoms with Gasteiger partial charge in [-0.1, -0.05) is 223 Å². The molecule has 1 aliphatic rings. The highest BCUT2D eigenvalue weighted by Gasteiger charge is 2.44. The summed E-state index contributed by atoms with van der Waals surface area (Å²) >= 11 is 0. The number of carbonyl (C=O) groups is 1. The van der Waals surface area contributed by atoms with Crippen LogP contribution in [0.5, 0.6) is 0 Å². The number of hydrogen-bond donors (Lipinski definition) is 6. The van der Waals surface area contributed by atoms with Crippen molar-refractivity contribution >= 4 is 5.91 Å². The molecule has 1 aliphatic heterocycles. The molecule has 0 aliphatic carbocycles. The number of hydrogen-bond acceptors (Lipinski definition) is 8. The molecule has 0 aromatic rings. The molecule has 0 saturated carbocycles. The molecule has 1 amide bonds. The predicted molar refractivity (Wildman–Crippen MR) is 272 cm³/mol. The van der Waals surface area contributed by atoms with Gasteiger partial charge in [-0.2, -0.15) is 0 Å². The molecule has 1 fully saturated rings. The Morgan fingerprint density at radius 2 is 0.923 bits per heavy atom. The van der Waals surface area contributed by atoms with Crippen molar-refractivity contribution < 1.29 is 39.8 Å². The summed E-state index contributed by atoms with van der Waals surface area (Å²) in [4.78, 5) is 13.0. The number of aliphatic hydroxyl groups is 5. The minimum absolute atomic E-state index is 0.193. The van der Waals surface area contributed by atoms with E-state index in [9.17, 15) is 30.3 Å². The molecule has 0 aromatic heterocycles. The number of ether oxygens (including phenoxy) is 2. The van der Waals surface area contributed by atoms with E-state index in [4.69, 9.17) is 9.47 Å². The lowest BCUT2D eigenvalue weighted by molar-refractivity contribution is -0.302. The fraction of sp³-hybridized carbons (Fsp3) is 0.839. The molecule has 1 heterocycles. The Kier molecular flexibility index (Phi) is 43.2. The number of amides is 1. The van der Waals surface area contributed by atoms with Crippen LogP contribution in [0, 0.1) is 0 Å². The monoisotopic (exact) mass is 918 g/mol. The smallest absolute Gasteiger partial charge is 0.220 e. The maximum absolute atomic E-state index is 13.0. The Balaban J connectivity index is 2.29. The van der Waals surface area contributed by atoms with E-state index in [0.29, 0.717) is 6.42 Å². The van der Waals surface area contributed by atoms with Crippen LogP contribution in [-0.4, -0.2) is 87.5 Å². The van der Waals surface area contributed by atoms with E-state index in [1.54, 1.807) is 6.08 Å². The van der Waals surface area contributed by atoms with Crippen molar-refractivity contribution in [2.24, 2.45) is 0 Å². The molecule has 0 spiro atoms. The van der Waals surface area contributed by atoms with Gasteiger partial charge in [-0.15, -0.1) is 0 Å². The van der Waals surface area contributed by atoms with Gasteiger partial charge in [0.15, 0.2) is 6.29 Å². The lowest BCUT2D eigenvalue weighted by atomic mass is 9.99. The highest BCUT2D eigenvalue weighted by Crippen LogP contribution is 2.23. The van der Waals surface area contributed by atoms with Crippen LogP contribution in [0.4, 0.5) is 0 Å². The number of allylic oxidation sites excluding steroid dienone is 7. The summed E-state index contributed by atoms with van der Waals surface area (Å²) < 4.78 is 11.2. The predicted octanol–water partition coefficient (Wildman–Crippen LogP) is 13.0. The van der Waals surface area contributed by atoms with Gasteiger partial charge < -0.3 is 40.3 Å². The van der Waals surface area contributed by atoms with E-state index in [0.717, 1.165) is 57.8 Å². The molecule has 0 bridgehead atoms. The summed E-state index contributed by atoms with van der Waals surface area (Å²) in [7, 11) is 0. The summed E-state index contributed by atoms with van der Waals surface area (Å²) in [6, 6.07) is -0.827. The normalized spacial score (nSPS) is 20.3. The lowest BCUT2D eigenvalue weighted by Gasteiger charge is -2.40. The zero-order chi connectivity index (χ0) is 47.3. The topological polar surface area (TPSA) is 149 Å². The molecule has 1 saturated heterocycles. The van der Waals surface area contributed by atoms with Gasteiger partial charge in [0.1, 0.15) is 24.4 Å². The average Bonchev–Trinajstić information content (AvgIpc) is 3.31.